The zero-order chi connectivity index (χ0) is 22.7. The summed E-state index contributed by atoms with van der Waals surface area (Å²) in [5, 5.41) is 11.0. The van der Waals surface area contributed by atoms with E-state index in [1.54, 1.807) is 31.4 Å². The molecule has 0 N–H and O–H groups in total. The van der Waals surface area contributed by atoms with Gasteiger partial charge < -0.3 is 4.74 Å². The van der Waals surface area contributed by atoms with Gasteiger partial charge in [-0.15, -0.1) is 0 Å². The topological polar surface area (TPSA) is 89.8 Å². The van der Waals surface area contributed by atoms with Gasteiger partial charge in [0.25, 0.3) is 17.5 Å². The first kappa shape index (κ1) is 21.3. The molecule has 0 fully saturated rings. The molecule has 3 aromatic rings. The average Bonchev–Trinajstić information content (AvgIpc) is 3.04. The molecule has 3 aromatic carbocycles. The molecule has 0 aliphatic carbocycles. The van der Waals surface area contributed by atoms with Gasteiger partial charge in [0.2, 0.25) is 0 Å². The number of carbonyl (C=O) groups excluding carboxylic acids is 2. The van der Waals surface area contributed by atoms with Crippen molar-refractivity contribution in [3.05, 3.63) is 105 Å². The van der Waals surface area contributed by atoms with Crippen LogP contribution in [-0.4, -0.2) is 28.7 Å². The number of nitrogens with zero attached hydrogens (tertiary/aromatic N) is 2. The Morgan fingerprint density at radius 3 is 2.16 bits per heavy atom. The summed E-state index contributed by atoms with van der Waals surface area (Å²) >= 11 is 1.21. The van der Waals surface area contributed by atoms with Crippen LogP contribution in [0.2, 0.25) is 0 Å². The van der Waals surface area contributed by atoms with Crippen LogP contribution in [0.25, 0.3) is 5.57 Å². The van der Waals surface area contributed by atoms with Gasteiger partial charge >= 0.3 is 0 Å². The summed E-state index contributed by atoms with van der Waals surface area (Å²) in [6, 6.07) is 22.1. The van der Waals surface area contributed by atoms with Crippen LogP contribution in [0, 0.1) is 10.1 Å². The molecular formula is C24H18N2O5S. The number of hydrogen-bond donors (Lipinski definition) is 0. The van der Waals surface area contributed by atoms with Gasteiger partial charge in [-0.05, 0) is 47.5 Å². The van der Waals surface area contributed by atoms with Gasteiger partial charge in [0.1, 0.15) is 5.75 Å². The Balaban J connectivity index is 1.71. The number of methoxy groups -OCH3 is 1. The number of non-ortho nitro benzene ring substituents is 1. The third-order valence-electron chi connectivity index (χ3n) is 4.96. The number of thioether (sulfide) groups is 1. The normalized spacial score (nSPS) is 13.6. The van der Waals surface area contributed by atoms with Crippen LogP contribution in [0.1, 0.15) is 11.1 Å². The second kappa shape index (κ2) is 9.07. The van der Waals surface area contributed by atoms with Crippen molar-refractivity contribution >= 4 is 34.8 Å². The lowest BCUT2D eigenvalue weighted by Crippen LogP contribution is -2.30. The summed E-state index contributed by atoms with van der Waals surface area (Å²) in [6.07, 6.45) is 0. The molecule has 32 heavy (non-hydrogen) atoms. The standard InChI is InChI=1S/C24H18N2O5S/c1-31-19-13-7-16(8-14-19)15-25-23(27)21(17-9-11-18(12-10-17)26(29)30)22(24(25)28)32-20-5-3-2-4-6-20/h2-14H,15H2,1H3. The lowest BCUT2D eigenvalue weighted by atomic mass is 10.1. The minimum absolute atomic E-state index is 0.0847. The molecule has 2 amide bonds. The molecule has 0 radical (unpaired) electrons. The first-order chi connectivity index (χ1) is 15.5. The zero-order valence-electron chi connectivity index (χ0n) is 17.1. The molecule has 160 valence electrons. The van der Waals surface area contributed by atoms with Crippen molar-refractivity contribution in [1.82, 2.24) is 4.90 Å². The molecule has 4 rings (SSSR count). The fourth-order valence-electron chi connectivity index (χ4n) is 3.32. The Kier molecular flexibility index (Phi) is 6.04. The van der Waals surface area contributed by atoms with Gasteiger partial charge in [-0.3, -0.25) is 24.6 Å². The maximum Gasteiger partial charge on any atom is 0.269 e. The number of benzene rings is 3. The second-order valence-electron chi connectivity index (χ2n) is 6.97. The number of carbonyl (C=O) groups is 2. The van der Waals surface area contributed by atoms with Crippen molar-refractivity contribution in [3.63, 3.8) is 0 Å². The highest BCUT2D eigenvalue weighted by atomic mass is 32.2. The van der Waals surface area contributed by atoms with Gasteiger partial charge in [0.05, 0.1) is 29.1 Å². The maximum atomic E-state index is 13.3. The van der Waals surface area contributed by atoms with Crippen LogP contribution in [0.5, 0.6) is 5.75 Å². The first-order valence-corrected chi connectivity index (χ1v) is 10.5. The zero-order valence-corrected chi connectivity index (χ0v) is 17.9. The van der Waals surface area contributed by atoms with Crippen molar-refractivity contribution in [3.8, 4) is 5.75 Å². The fourth-order valence-corrected chi connectivity index (χ4v) is 4.35. The van der Waals surface area contributed by atoms with E-state index >= 15 is 0 Å². The summed E-state index contributed by atoms with van der Waals surface area (Å²) in [6.45, 7) is 0.108. The average molecular weight is 446 g/mol. The monoisotopic (exact) mass is 446 g/mol. The van der Waals surface area contributed by atoms with Crippen molar-refractivity contribution in [2.45, 2.75) is 11.4 Å². The van der Waals surface area contributed by atoms with E-state index < -0.39 is 16.7 Å². The number of amides is 2. The minimum atomic E-state index is -0.505. The van der Waals surface area contributed by atoms with E-state index in [9.17, 15) is 19.7 Å². The van der Waals surface area contributed by atoms with Crippen LogP contribution in [0.15, 0.2) is 88.7 Å². The molecule has 0 saturated carbocycles. The molecule has 0 saturated heterocycles. The molecular weight excluding hydrogens is 428 g/mol. The smallest absolute Gasteiger partial charge is 0.269 e. The SMILES string of the molecule is COc1ccc(CN2C(=O)C(Sc3ccccc3)=C(c3ccc([N+](=O)[O-])cc3)C2=O)cc1. The molecule has 0 spiro atoms. The number of nitro groups is 1. The molecule has 1 aliphatic rings. The van der Waals surface area contributed by atoms with E-state index in [0.29, 0.717) is 16.2 Å². The number of ether oxygens (including phenoxy) is 1. The van der Waals surface area contributed by atoms with Gasteiger partial charge in [-0.1, -0.05) is 42.1 Å². The van der Waals surface area contributed by atoms with Crippen molar-refractivity contribution in [1.29, 1.82) is 0 Å². The second-order valence-corrected chi connectivity index (χ2v) is 8.05. The van der Waals surface area contributed by atoms with Gasteiger partial charge in [0.15, 0.2) is 0 Å². The van der Waals surface area contributed by atoms with Crippen LogP contribution in [-0.2, 0) is 16.1 Å². The third kappa shape index (κ3) is 4.26. The lowest BCUT2D eigenvalue weighted by molar-refractivity contribution is -0.384. The summed E-state index contributed by atoms with van der Waals surface area (Å²) in [7, 11) is 1.57. The Morgan fingerprint density at radius 1 is 0.906 bits per heavy atom. The molecule has 1 heterocycles. The summed E-state index contributed by atoms with van der Waals surface area (Å²) in [4.78, 5) is 39.4. The number of rotatable bonds is 7. The minimum Gasteiger partial charge on any atom is -0.497 e. The highest BCUT2D eigenvalue weighted by Gasteiger charge is 2.39. The highest BCUT2D eigenvalue weighted by molar-refractivity contribution is 8.04. The van der Waals surface area contributed by atoms with E-state index in [1.807, 2.05) is 30.3 Å². The lowest BCUT2D eigenvalue weighted by Gasteiger charge is -2.15. The number of nitro benzene ring substituents is 1. The first-order valence-electron chi connectivity index (χ1n) is 9.69. The molecule has 0 unspecified atom stereocenters. The van der Waals surface area contributed by atoms with Gasteiger partial charge in [0, 0.05) is 17.0 Å². The quantitative estimate of drug-likeness (QED) is 0.298. The van der Waals surface area contributed by atoms with E-state index in [2.05, 4.69) is 0 Å². The number of hydrogen-bond acceptors (Lipinski definition) is 6. The predicted octanol–water partition coefficient (Wildman–Crippen LogP) is 4.68. The van der Waals surface area contributed by atoms with E-state index in [4.69, 9.17) is 4.74 Å². The predicted molar refractivity (Wildman–Crippen MR) is 121 cm³/mol. The summed E-state index contributed by atoms with van der Waals surface area (Å²) in [5.41, 5.74) is 1.40. The van der Waals surface area contributed by atoms with E-state index in [-0.39, 0.29) is 17.8 Å². The van der Waals surface area contributed by atoms with Crippen LogP contribution < -0.4 is 4.74 Å². The van der Waals surface area contributed by atoms with E-state index in [0.717, 1.165) is 10.5 Å². The summed E-state index contributed by atoms with van der Waals surface area (Å²) < 4.78 is 5.16. The van der Waals surface area contributed by atoms with Crippen molar-refractivity contribution in [2.24, 2.45) is 0 Å². The van der Waals surface area contributed by atoms with Crippen molar-refractivity contribution in [2.75, 3.05) is 7.11 Å². The molecule has 8 heteroatoms. The Labute approximate surface area is 188 Å². The van der Waals surface area contributed by atoms with E-state index in [1.165, 1.54) is 40.9 Å². The largest absolute Gasteiger partial charge is 0.497 e. The Hall–Kier alpha value is -3.91. The Bertz CT molecular complexity index is 1210. The van der Waals surface area contributed by atoms with Crippen LogP contribution in [0.4, 0.5) is 5.69 Å². The summed E-state index contributed by atoms with van der Waals surface area (Å²) in [5.74, 6) is -0.149. The third-order valence-corrected chi connectivity index (χ3v) is 6.05. The molecule has 7 nitrogen and oxygen atoms in total. The molecule has 0 bridgehead atoms. The maximum absolute atomic E-state index is 13.3. The fraction of sp³-hybridized carbons (Fsp3) is 0.0833. The van der Waals surface area contributed by atoms with Crippen molar-refractivity contribution < 1.29 is 19.2 Å². The Morgan fingerprint density at radius 2 is 1.56 bits per heavy atom. The molecule has 0 aromatic heterocycles. The molecule has 0 atom stereocenters. The molecule has 1 aliphatic heterocycles. The van der Waals surface area contributed by atoms with Gasteiger partial charge in [-0.2, -0.15) is 0 Å². The van der Waals surface area contributed by atoms with Crippen LogP contribution in [0.3, 0.4) is 0 Å². The van der Waals surface area contributed by atoms with Crippen LogP contribution >= 0.6 is 11.8 Å². The van der Waals surface area contributed by atoms with Gasteiger partial charge in [-0.25, -0.2) is 0 Å². The number of imide groups is 1. The highest BCUT2D eigenvalue weighted by Crippen LogP contribution is 2.40.